The Kier molecular flexibility index (Phi) is 3.40. The smallest absolute Gasteiger partial charge is 0.237 e. The van der Waals surface area contributed by atoms with Gasteiger partial charge in [-0.3, -0.25) is 0 Å². The Labute approximate surface area is 109 Å². The van der Waals surface area contributed by atoms with Gasteiger partial charge in [0.25, 0.3) is 0 Å². The zero-order valence-corrected chi connectivity index (χ0v) is 10.0. The first-order valence-corrected chi connectivity index (χ1v) is 5.39. The second kappa shape index (κ2) is 5.16. The Hall–Kier alpha value is -2.92. The van der Waals surface area contributed by atoms with Crippen molar-refractivity contribution in [3.05, 3.63) is 53.0 Å². The molecule has 0 radical (unpaired) electrons. The number of benzene rings is 1. The molecule has 2 aromatic rings. The van der Waals surface area contributed by atoms with Crippen LogP contribution in [-0.4, -0.2) is 4.98 Å². The normalized spacial score (nSPS) is 9.47. The van der Waals surface area contributed by atoms with Gasteiger partial charge in [-0.2, -0.15) is 10.5 Å². The first-order valence-electron chi connectivity index (χ1n) is 5.39. The van der Waals surface area contributed by atoms with Crippen molar-refractivity contribution >= 4 is 0 Å². The lowest BCUT2D eigenvalue weighted by molar-refractivity contribution is 0.454. The van der Waals surface area contributed by atoms with Gasteiger partial charge in [0.15, 0.2) is 0 Å². The predicted octanol–water partition coefficient (Wildman–Crippen LogP) is 3.06. The van der Waals surface area contributed by atoms with Gasteiger partial charge in [0.05, 0.1) is 0 Å². The van der Waals surface area contributed by atoms with Gasteiger partial charge in [0.1, 0.15) is 34.8 Å². The summed E-state index contributed by atoms with van der Waals surface area (Å²) in [6.45, 7) is 1.74. The van der Waals surface area contributed by atoms with Crippen molar-refractivity contribution in [2.75, 3.05) is 0 Å². The number of aryl methyl sites for hydroxylation is 1. The molecule has 92 valence electrons. The molecule has 0 aliphatic heterocycles. The van der Waals surface area contributed by atoms with Gasteiger partial charge < -0.3 is 4.74 Å². The molecule has 0 saturated heterocycles. The van der Waals surface area contributed by atoms with Crippen LogP contribution in [0.15, 0.2) is 30.5 Å². The molecule has 5 heteroatoms. The highest BCUT2D eigenvalue weighted by Gasteiger charge is 2.14. The second-order valence-corrected chi connectivity index (χ2v) is 3.75. The maximum Gasteiger partial charge on any atom is 0.237 e. The van der Waals surface area contributed by atoms with E-state index in [0.717, 1.165) is 0 Å². The van der Waals surface area contributed by atoms with Crippen LogP contribution in [0.2, 0.25) is 0 Å². The summed E-state index contributed by atoms with van der Waals surface area (Å²) in [7, 11) is 0. The summed E-state index contributed by atoms with van der Waals surface area (Å²) in [5.74, 6) is -0.576. The molecule has 0 fully saturated rings. The van der Waals surface area contributed by atoms with Crippen LogP contribution in [0.4, 0.5) is 4.39 Å². The van der Waals surface area contributed by atoms with E-state index in [1.807, 2.05) is 6.07 Å². The highest BCUT2D eigenvalue weighted by Crippen LogP contribution is 2.28. The first-order chi connectivity index (χ1) is 9.17. The fourth-order valence-corrected chi connectivity index (χ4v) is 1.55. The van der Waals surface area contributed by atoms with Gasteiger partial charge in [-0.05, 0) is 30.7 Å². The van der Waals surface area contributed by atoms with Gasteiger partial charge in [-0.15, -0.1) is 0 Å². The van der Waals surface area contributed by atoms with Gasteiger partial charge in [0, 0.05) is 6.20 Å². The van der Waals surface area contributed by atoms with Crippen LogP contribution < -0.4 is 4.74 Å². The number of pyridine rings is 1. The lowest BCUT2D eigenvalue weighted by Crippen LogP contribution is -1.97. The maximum atomic E-state index is 13.4. The zero-order chi connectivity index (χ0) is 13.8. The largest absolute Gasteiger partial charge is 0.436 e. The Balaban J connectivity index is 2.50. The van der Waals surface area contributed by atoms with E-state index in [2.05, 4.69) is 4.98 Å². The van der Waals surface area contributed by atoms with Crippen molar-refractivity contribution in [2.24, 2.45) is 0 Å². The number of halogens is 1. The number of hydrogen-bond donors (Lipinski definition) is 0. The molecule has 0 aliphatic rings. The van der Waals surface area contributed by atoms with E-state index in [-0.39, 0.29) is 22.8 Å². The second-order valence-electron chi connectivity index (χ2n) is 3.75. The number of nitriles is 2. The molecule has 0 atom stereocenters. The number of ether oxygens (including phenoxy) is 1. The minimum Gasteiger partial charge on any atom is -0.436 e. The summed E-state index contributed by atoms with van der Waals surface area (Å²) in [6, 6.07) is 9.41. The molecule has 2 rings (SSSR count). The maximum absolute atomic E-state index is 13.4. The van der Waals surface area contributed by atoms with E-state index >= 15 is 0 Å². The summed E-state index contributed by atoms with van der Waals surface area (Å²) in [5, 5.41) is 18.0. The molecule has 1 heterocycles. The summed E-state index contributed by atoms with van der Waals surface area (Å²) in [5.41, 5.74) is 0.743. The van der Waals surface area contributed by atoms with Crippen LogP contribution in [0.5, 0.6) is 11.6 Å². The van der Waals surface area contributed by atoms with Crippen molar-refractivity contribution in [1.82, 2.24) is 4.98 Å². The van der Waals surface area contributed by atoms with Crippen LogP contribution in [-0.2, 0) is 0 Å². The van der Waals surface area contributed by atoms with E-state index in [0.29, 0.717) is 5.56 Å². The zero-order valence-electron chi connectivity index (χ0n) is 10.0. The average Bonchev–Trinajstić information content (AvgIpc) is 2.39. The minimum absolute atomic E-state index is 0.0390. The highest BCUT2D eigenvalue weighted by molar-refractivity contribution is 5.49. The fourth-order valence-electron chi connectivity index (χ4n) is 1.55. The van der Waals surface area contributed by atoms with Crippen molar-refractivity contribution in [2.45, 2.75) is 6.92 Å². The number of rotatable bonds is 2. The third-order valence-corrected chi connectivity index (χ3v) is 2.53. The standard InChI is InChI=1S/C14H8FN3O/c1-9-5-6-18-14(10(9)7-16)19-13-4-2-3-12(15)11(13)8-17/h2-6H,1H3. The summed E-state index contributed by atoms with van der Waals surface area (Å²) in [4.78, 5) is 3.93. The van der Waals surface area contributed by atoms with Gasteiger partial charge in [0.2, 0.25) is 5.88 Å². The molecular weight excluding hydrogens is 245 g/mol. The lowest BCUT2D eigenvalue weighted by atomic mass is 10.1. The number of nitrogens with zero attached hydrogens (tertiary/aromatic N) is 3. The molecular formula is C14H8FN3O. The van der Waals surface area contributed by atoms with E-state index in [1.165, 1.54) is 24.4 Å². The highest BCUT2D eigenvalue weighted by atomic mass is 19.1. The fraction of sp³-hybridized carbons (Fsp3) is 0.0714. The quantitative estimate of drug-likeness (QED) is 0.824. The lowest BCUT2D eigenvalue weighted by Gasteiger charge is -2.09. The van der Waals surface area contributed by atoms with Gasteiger partial charge >= 0.3 is 0 Å². The average molecular weight is 253 g/mol. The van der Waals surface area contributed by atoms with Crippen LogP contribution in [0.1, 0.15) is 16.7 Å². The van der Waals surface area contributed by atoms with E-state index in [9.17, 15) is 4.39 Å². The van der Waals surface area contributed by atoms with Crippen LogP contribution >= 0.6 is 0 Å². The SMILES string of the molecule is Cc1ccnc(Oc2cccc(F)c2C#N)c1C#N. The number of hydrogen-bond acceptors (Lipinski definition) is 4. The van der Waals surface area contributed by atoms with Crippen LogP contribution in [0.3, 0.4) is 0 Å². The molecule has 4 nitrogen and oxygen atoms in total. The molecule has 0 unspecified atom stereocenters. The molecule has 0 saturated carbocycles. The van der Waals surface area contributed by atoms with E-state index < -0.39 is 5.82 Å². The third kappa shape index (κ3) is 2.36. The summed E-state index contributed by atoms with van der Waals surface area (Å²) < 4.78 is 18.8. The van der Waals surface area contributed by atoms with Crippen molar-refractivity contribution in [3.63, 3.8) is 0 Å². The van der Waals surface area contributed by atoms with Crippen LogP contribution in [0, 0.1) is 35.4 Å². The molecule has 0 spiro atoms. The van der Waals surface area contributed by atoms with Gasteiger partial charge in [-0.25, -0.2) is 9.37 Å². The predicted molar refractivity (Wildman–Crippen MR) is 64.9 cm³/mol. The molecule has 19 heavy (non-hydrogen) atoms. The van der Waals surface area contributed by atoms with E-state index in [4.69, 9.17) is 15.3 Å². The topological polar surface area (TPSA) is 69.7 Å². The van der Waals surface area contributed by atoms with Gasteiger partial charge in [-0.1, -0.05) is 6.07 Å². The Morgan fingerprint density at radius 1 is 1.16 bits per heavy atom. The molecule has 0 amide bonds. The first kappa shape index (κ1) is 12.5. The molecule has 1 aromatic carbocycles. The minimum atomic E-state index is -0.675. The van der Waals surface area contributed by atoms with E-state index in [1.54, 1.807) is 19.1 Å². The van der Waals surface area contributed by atoms with Crippen molar-refractivity contribution in [3.8, 4) is 23.8 Å². The monoisotopic (exact) mass is 253 g/mol. The summed E-state index contributed by atoms with van der Waals surface area (Å²) >= 11 is 0. The van der Waals surface area contributed by atoms with Crippen molar-refractivity contribution in [1.29, 1.82) is 10.5 Å². The molecule has 1 aromatic heterocycles. The Morgan fingerprint density at radius 2 is 1.89 bits per heavy atom. The Morgan fingerprint density at radius 3 is 2.58 bits per heavy atom. The molecule has 0 aliphatic carbocycles. The van der Waals surface area contributed by atoms with Crippen LogP contribution in [0.25, 0.3) is 0 Å². The summed E-state index contributed by atoms with van der Waals surface area (Å²) in [6.07, 6.45) is 1.48. The third-order valence-electron chi connectivity index (χ3n) is 2.53. The molecule has 0 N–H and O–H groups in total. The van der Waals surface area contributed by atoms with Crippen molar-refractivity contribution < 1.29 is 9.13 Å². The number of aromatic nitrogens is 1. The Bertz CT molecular complexity index is 652. The molecule has 0 bridgehead atoms.